The van der Waals surface area contributed by atoms with Crippen molar-refractivity contribution in [1.29, 1.82) is 0 Å². The molecule has 0 N–H and O–H groups in total. The molecule has 18 heavy (non-hydrogen) atoms. The molecule has 0 spiro atoms. The lowest BCUT2D eigenvalue weighted by Crippen LogP contribution is -2.32. The maximum absolute atomic E-state index is 10.2. The standard InChI is InChI=1S/C14H22N2O2/c1-12-4-6-14(2,5-3-7-15-10-17)8-13(12)9-16-11-18/h12-13H,3-9H2,1-2H3. The van der Waals surface area contributed by atoms with Gasteiger partial charge < -0.3 is 0 Å². The molecule has 0 radical (unpaired) electrons. The van der Waals surface area contributed by atoms with Crippen LogP contribution in [0.25, 0.3) is 0 Å². The van der Waals surface area contributed by atoms with Crippen molar-refractivity contribution >= 4 is 12.2 Å². The van der Waals surface area contributed by atoms with Gasteiger partial charge in [0.05, 0.1) is 13.1 Å². The summed E-state index contributed by atoms with van der Waals surface area (Å²) in [4.78, 5) is 27.6. The summed E-state index contributed by atoms with van der Waals surface area (Å²) in [6.07, 6.45) is 8.73. The van der Waals surface area contributed by atoms with E-state index in [0.717, 1.165) is 19.3 Å². The molecule has 0 aliphatic heterocycles. The molecular formula is C14H22N2O2. The number of hydrogen-bond donors (Lipinski definition) is 0. The molecule has 0 bridgehead atoms. The van der Waals surface area contributed by atoms with Gasteiger partial charge in [0.25, 0.3) is 0 Å². The van der Waals surface area contributed by atoms with Gasteiger partial charge in [0.2, 0.25) is 12.2 Å². The maximum Gasteiger partial charge on any atom is 0.234 e. The van der Waals surface area contributed by atoms with Crippen LogP contribution in [0.15, 0.2) is 9.98 Å². The highest BCUT2D eigenvalue weighted by Crippen LogP contribution is 2.45. The summed E-state index contributed by atoms with van der Waals surface area (Å²) in [6.45, 7) is 5.71. The third-order valence-electron chi connectivity index (χ3n) is 4.27. The summed E-state index contributed by atoms with van der Waals surface area (Å²) in [5.74, 6) is 1.11. The molecule has 3 unspecified atom stereocenters. The molecular weight excluding hydrogens is 228 g/mol. The van der Waals surface area contributed by atoms with Crippen LogP contribution in [0, 0.1) is 17.3 Å². The van der Waals surface area contributed by atoms with Gasteiger partial charge in [0.1, 0.15) is 0 Å². The summed E-state index contributed by atoms with van der Waals surface area (Å²) < 4.78 is 0. The molecule has 1 aliphatic carbocycles. The van der Waals surface area contributed by atoms with Gasteiger partial charge >= 0.3 is 0 Å². The SMILES string of the molecule is CC1CCC(C)(CCCN=C=O)CC1CN=C=O. The lowest BCUT2D eigenvalue weighted by atomic mass is 9.65. The first-order valence-corrected chi connectivity index (χ1v) is 6.68. The summed E-state index contributed by atoms with van der Waals surface area (Å²) in [5.41, 5.74) is 0.300. The van der Waals surface area contributed by atoms with E-state index in [2.05, 4.69) is 23.8 Å². The Labute approximate surface area is 109 Å². The summed E-state index contributed by atoms with van der Waals surface area (Å²) in [7, 11) is 0. The monoisotopic (exact) mass is 250 g/mol. The third kappa shape index (κ3) is 4.56. The van der Waals surface area contributed by atoms with Crippen molar-refractivity contribution in [2.45, 2.75) is 46.0 Å². The first-order chi connectivity index (χ1) is 8.61. The number of nitrogens with zero attached hydrogens (tertiary/aromatic N) is 2. The molecule has 3 atom stereocenters. The molecule has 4 nitrogen and oxygen atoms in total. The van der Waals surface area contributed by atoms with Gasteiger partial charge in [-0.3, -0.25) is 0 Å². The van der Waals surface area contributed by atoms with Gasteiger partial charge in [-0.25, -0.2) is 19.6 Å². The summed E-state index contributed by atoms with van der Waals surface area (Å²) in [5, 5.41) is 0. The zero-order valence-electron chi connectivity index (χ0n) is 11.3. The number of rotatable bonds is 6. The molecule has 1 fully saturated rings. The van der Waals surface area contributed by atoms with E-state index in [1.165, 1.54) is 12.8 Å². The number of aliphatic imine (C=N–C) groups is 2. The van der Waals surface area contributed by atoms with Crippen LogP contribution in [0.2, 0.25) is 0 Å². The normalized spacial score (nSPS) is 31.2. The predicted molar refractivity (Wildman–Crippen MR) is 69.8 cm³/mol. The van der Waals surface area contributed by atoms with Gasteiger partial charge in [-0.15, -0.1) is 0 Å². The van der Waals surface area contributed by atoms with Gasteiger partial charge in [-0.2, -0.15) is 0 Å². The minimum atomic E-state index is 0.300. The van der Waals surface area contributed by atoms with E-state index < -0.39 is 0 Å². The summed E-state index contributed by atoms with van der Waals surface area (Å²) >= 11 is 0. The van der Waals surface area contributed by atoms with Crippen molar-refractivity contribution in [1.82, 2.24) is 0 Å². The van der Waals surface area contributed by atoms with Crippen LogP contribution in [0.5, 0.6) is 0 Å². The zero-order valence-corrected chi connectivity index (χ0v) is 11.3. The Balaban J connectivity index is 2.49. The molecule has 0 aromatic rings. The molecule has 0 amide bonds. The topological polar surface area (TPSA) is 58.9 Å². The first-order valence-electron chi connectivity index (χ1n) is 6.68. The highest BCUT2D eigenvalue weighted by molar-refractivity contribution is 5.33. The average Bonchev–Trinajstić information content (AvgIpc) is 2.36. The van der Waals surface area contributed by atoms with Crippen LogP contribution < -0.4 is 0 Å². The fourth-order valence-electron chi connectivity index (χ4n) is 3.00. The molecule has 0 heterocycles. The molecule has 4 heteroatoms. The van der Waals surface area contributed by atoms with Crippen molar-refractivity contribution in [3.05, 3.63) is 0 Å². The van der Waals surface area contributed by atoms with Crippen LogP contribution >= 0.6 is 0 Å². The van der Waals surface area contributed by atoms with E-state index in [1.807, 2.05) is 0 Å². The lowest BCUT2D eigenvalue weighted by molar-refractivity contribution is 0.105. The zero-order chi connectivity index (χ0) is 13.4. The van der Waals surface area contributed by atoms with Gasteiger partial charge in [-0.05, 0) is 49.4 Å². The van der Waals surface area contributed by atoms with Crippen molar-refractivity contribution in [3.8, 4) is 0 Å². The number of isocyanates is 2. The largest absolute Gasteiger partial charge is 0.234 e. The smallest absolute Gasteiger partial charge is 0.211 e. The van der Waals surface area contributed by atoms with Crippen molar-refractivity contribution in [2.24, 2.45) is 27.2 Å². The number of hydrogen-bond acceptors (Lipinski definition) is 4. The van der Waals surface area contributed by atoms with E-state index in [4.69, 9.17) is 0 Å². The predicted octanol–water partition coefficient (Wildman–Crippen LogP) is 2.88. The van der Waals surface area contributed by atoms with E-state index in [0.29, 0.717) is 30.3 Å². The van der Waals surface area contributed by atoms with Crippen molar-refractivity contribution in [2.75, 3.05) is 13.1 Å². The average molecular weight is 250 g/mol. The maximum atomic E-state index is 10.2. The minimum Gasteiger partial charge on any atom is -0.211 e. The Hall–Kier alpha value is -1.24. The Kier molecular flexibility index (Phi) is 5.97. The fourth-order valence-corrected chi connectivity index (χ4v) is 3.00. The highest BCUT2D eigenvalue weighted by Gasteiger charge is 2.35. The molecule has 1 rings (SSSR count). The van der Waals surface area contributed by atoms with Crippen LogP contribution in [-0.2, 0) is 9.59 Å². The second-order valence-corrected chi connectivity index (χ2v) is 5.80. The van der Waals surface area contributed by atoms with Gasteiger partial charge in [-0.1, -0.05) is 13.8 Å². The Morgan fingerprint density at radius 1 is 1.28 bits per heavy atom. The van der Waals surface area contributed by atoms with Crippen molar-refractivity contribution in [3.63, 3.8) is 0 Å². The van der Waals surface area contributed by atoms with E-state index in [9.17, 15) is 9.59 Å². The van der Waals surface area contributed by atoms with Gasteiger partial charge in [0.15, 0.2) is 0 Å². The molecule has 100 valence electrons. The highest BCUT2D eigenvalue weighted by atomic mass is 16.1. The van der Waals surface area contributed by atoms with Crippen LogP contribution in [0.3, 0.4) is 0 Å². The second-order valence-electron chi connectivity index (χ2n) is 5.80. The Bertz CT molecular complexity index is 357. The fraction of sp³-hybridized carbons (Fsp3) is 0.857. The molecule has 0 aromatic carbocycles. The van der Waals surface area contributed by atoms with E-state index in [-0.39, 0.29) is 0 Å². The first kappa shape index (κ1) is 14.8. The van der Waals surface area contributed by atoms with E-state index >= 15 is 0 Å². The molecule has 1 aliphatic rings. The lowest BCUT2D eigenvalue weighted by Gasteiger charge is -2.41. The van der Waals surface area contributed by atoms with Crippen LogP contribution in [0.4, 0.5) is 0 Å². The minimum absolute atomic E-state index is 0.300. The molecule has 1 saturated carbocycles. The van der Waals surface area contributed by atoms with Crippen molar-refractivity contribution < 1.29 is 9.59 Å². The Morgan fingerprint density at radius 2 is 2.00 bits per heavy atom. The molecule has 0 aromatic heterocycles. The van der Waals surface area contributed by atoms with E-state index in [1.54, 1.807) is 12.2 Å². The second kappa shape index (κ2) is 7.25. The third-order valence-corrected chi connectivity index (χ3v) is 4.27. The Morgan fingerprint density at radius 3 is 2.67 bits per heavy atom. The quantitative estimate of drug-likeness (QED) is 0.413. The molecule has 0 saturated heterocycles. The van der Waals surface area contributed by atoms with Crippen LogP contribution in [-0.4, -0.2) is 25.2 Å². The van der Waals surface area contributed by atoms with Gasteiger partial charge in [0, 0.05) is 0 Å². The number of carbonyl (C=O) groups excluding carboxylic acids is 2. The summed E-state index contributed by atoms with van der Waals surface area (Å²) in [6, 6.07) is 0. The van der Waals surface area contributed by atoms with Crippen LogP contribution in [0.1, 0.15) is 46.0 Å².